The molecule has 0 saturated carbocycles. The summed E-state index contributed by atoms with van der Waals surface area (Å²) in [7, 11) is 1.70. The van der Waals surface area contributed by atoms with Crippen LogP contribution in [0.15, 0.2) is 9.52 Å². The predicted octanol–water partition coefficient (Wildman–Crippen LogP) is 1.99. The summed E-state index contributed by atoms with van der Waals surface area (Å²) in [5.41, 5.74) is 1.55. The molecule has 0 spiro atoms. The van der Waals surface area contributed by atoms with Gasteiger partial charge in [-0.2, -0.15) is 0 Å². The lowest BCUT2D eigenvalue weighted by Gasteiger charge is -2.20. The van der Waals surface area contributed by atoms with Crippen molar-refractivity contribution in [3.63, 3.8) is 0 Å². The first-order valence-electron chi connectivity index (χ1n) is 8.68. The molecule has 1 amide bonds. The van der Waals surface area contributed by atoms with E-state index in [9.17, 15) is 4.79 Å². The van der Waals surface area contributed by atoms with Crippen LogP contribution in [0.1, 0.15) is 51.6 Å². The molecule has 0 aliphatic rings. The third kappa shape index (κ3) is 7.45. The van der Waals surface area contributed by atoms with Gasteiger partial charge in [0.05, 0.1) is 5.69 Å². The fourth-order valence-corrected chi connectivity index (χ4v) is 2.19. The minimum atomic E-state index is -0.498. The molecule has 0 aliphatic carbocycles. The zero-order valence-corrected chi connectivity index (χ0v) is 16.2. The van der Waals surface area contributed by atoms with Crippen molar-refractivity contribution < 1.29 is 14.1 Å². The molecule has 1 aromatic rings. The quantitative estimate of drug-likeness (QED) is 0.394. The zero-order valence-electron chi connectivity index (χ0n) is 16.2. The summed E-state index contributed by atoms with van der Waals surface area (Å²) in [6.45, 7) is 11.1. The maximum atomic E-state index is 11.6. The number of nitrogens with one attached hydrogen (secondary N) is 3. The molecule has 25 heavy (non-hydrogen) atoms. The Bertz CT molecular complexity index is 554. The lowest BCUT2D eigenvalue weighted by molar-refractivity contribution is 0.0529. The summed E-state index contributed by atoms with van der Waals surface area (Å²) in [4.78, 5) is 15.7. The fourth-order valence-electron chi connectivity index (χ4n) is 2.19. The number of hydrogen-bond donors (Lipinski definition) is 3. The van der Waals surface area contributed by atoms with E-state index in [2.05, 4.69) is 33.0 Å². The number of nitrogens with zero attached hydrogens (tertiary/aromatic N) is 2. The first-order valence-corrected chi connectivity index (χ1v) is 8.68. The van der Waals surface area contributed by atoms with Crippen LogP contribution in [0.3, 0.4) is 0 Å². The average molecular weight is 353 g/mol. The Kier molecular flexibility index (Phi) is 8.24. The maximum absolute atomic E-state index is 11.6. The molecule has 3 N–H and O–H groups in total. The third-order valence-corrected chi connectivity index (χ3v) is 3.35. The maximum Gasteiger partial charge on any atom is 0.407 e. The van der Waals surface area contributed by atoms with Crippen LogP contribution >= 0.6 is 0 Å². The Morgan fingerprint density at radius 3 is 2.40 bits per heavy atom. The molecular weight excluding hydrogens is 322 g/mol. The lowest BCUT2D eigenvalue weighted by Crippen LogP contribution is -2.42. The highest BCUT2D eigenvalue weighted by Crippen LogP contribution is 2.15. The average Bonchev–Trinajstić information content (AvgIpc) is 2.94. The number of aliphatic imine (C=N–C) groups is 1. The highest BCUT2D eigenvalue weighted by molar-refractivity contribution is 5.79. The Morgan fingerprint density at radius 1 is 1.16 bits per heavy atom. The number of ether oxygens (including phenoxy) is 1. The standard InChI is InChI=1S/C17H31N5O3/c1-7-13-12(14(8-2)25-22-13)11-21-15(18-6)19-9-10-20-16(23)24-17(3,4)5/h7-11H2,1-6H3,(H,20,23)(H2,18,19,21). The van der Waals surface area contributed by atoms with Crippen molar-refractivity contribution >= 4 is 12.1 Å². The number of aryl methyl sites for hydroxylation is 2. The lowest BCUT2D eigenvalue weighted by atomic mass is 10.1. The van der Waals surface area contributed by atoms with E-state index in [4.69, 9.17) is 9.26 Å². The Labute approximate surface area is 149 Å². The van der Waals surface area contributed by atoms with Crippen molar-refractivity contribution in [2.75, 3.05) is 20.1 Å². The van der Waals surface area contributed by atoms with Crippen molar-refractivity contribution in [1.29, 1.82) is 0 Å². The van der Waals surface area contributed by atoms with Gasteiger partial charge in [0.1, 0.15) is 11.4 Å². The molecule has 0 fully saturated rings. The third-order valence-electron chi connectivity index (χ3n) is 3.35. The molecule has 1 rings (SSSR count). The molecule has 1 aromatic heterocycles. The van der Waals surface area contributed by atoms with E-state index in [-0.39, 0.29) is 0 Å². The zero-order chi connectivity index (χ0) is 18.9. The molecule has 0 saturated heterocycles. The molecule has 142 valence electrons. The second kappa shape index (κ2) is 9.90. The molecule has 0 unspecified atom stereocenters. The number of carbonyl (C=O) groups excluding carboxylic acids is 1. The molecule has 0 aromatic carbocycles. The number of carbonyl (C=O) groups is 1. The summed E-state index contributed by atoms with van der Waals surface area (Å²) < 4.78 is 10.5. The van der Waals surface area contributed by atoms with Crippen LogP contribution in [0.2, 0.25) is 0 Å². The Hall–Kier alpha value is -2.25. The largest absolute Gasteiger partial charge is 0.444 e. The summed E-state index contributed by atoms with van der Waals surface area (Å²) in [6, 6.07) is 0. The molecule has 8 nitrogen and oxygen atoms in total. The van der Waals surface area contributed by atoms with Gasteiger partial charge in [-0.15, -0.1) is 0 Å². The first-order chi connectivity index (χ1) is 11.8. The van der Waals surface area contributed by atoms with E-state index in [1.54, 1.807) is 7.05 Å². The predicted molar refractivity (Wildman–Crippen MR) is 97.7 cm³/mol. The molecule has 0 aliphatic heterocycles. The van der Waals surface area contributed by atoms with Gasteiger partial charge in [0.15, 0.2) is 5.96 Å². The summed E-state index contributed by atoms with van der Waals surface area (Å²) in [5, 5.41) is 13.2. The van der Waals surface area contributed by atoms with E-state index in [1.165, 1.54) is 0 Å². The minimum absolute atomic E-state index is 0.429. The van der Waals surface area contributed by atoms with Crippen LogP contribution in [0.25, 0.3) is 0 Å². The number of amides is 1. The van der Waals surface area contributed by atoms with Gasteiger partial charge in [-0.1, -0.05) is 19.0 Å². The van der Waals surface area contributed by atoms with Gasteiger partial charge in [-0.3, -0.25) is 4.99 Å². The van der Waals surface area contributed by atoms with Gasteiger partial charge in [-0.05, 0) is 27.2 Å². The number of aromatic nitrogens is 1. The van der Waals surface area contributed by atoms with E-state index >= 15 is 0 Å². The first kappa shape index (κ1) is 20.8. The van der Waals surface area contributed by atoms with Crippen molar-refractivity contribution in [3.05, 3.63) is 17.0 Å². The molecule has 0 atom stereocenters. The normalized spacial score (nSPS) is 12.0. The number of guanidine groups is 1. The number of rotatable bonds is 7. The summed E-state index contributed by atoms with van der Waals surface area (Å²) in [6.07, 6.45) is 1.20. The minimum Gasteiger partial charge on any atom is -0.444 e. The highest BCUT2D eigenvalue weighted by Gasteiger charge is 2.16. The van der Waals surface area contributed by atoms with Crippen LogP contribution < -0.4 is 16.0 Å². The number of hydrogen-bond acceptors (Lipinski definition) is 5. The van der Waals surface area contributed by atoms with Crippen molar-refractivity contribution in [3.8, 4) is 0 Å². The molecule has 8 heteroatoms. The second-order valence-corrected chi connectivity index (χ2v) is 6.52. The van der Waals surface area contributed by atoms with Gasteiger partial charge >= 0.3 is 6.09 Å². The molecule has 0 radical (unpaired) electrons. The van der Waals surface area contributed by atoms with Gasteiger partial charge in [0.25, 0.3) is 0 Å². The van der Waals surface area contributed by atoms with Crippen molar-refractivity contribution in [2.24, 2.45) is 4.99 Å². The van der Waals surface area contributed by atoms with Crippen LogP contribution in [-0.4, -0.2) is 42.9 Å². The summed E-state index contributed by atoms with van der Waals surface area (Å²) in [5.74, 6) is 1.54. The smallest absolute Gasteiger partial charge is 0.407 e. The molecule has 1 heterocycles. The summed E-state index contributed by atoms with van der Waals surface area (Å²) >= 11 is 0. The van der Waals surface area contributed by atoms with E-state index in [0.29, 0.717) is 25.6 Å². The van der Waals surface area contributed by atoms with Crippen LogP contribution in [0.5, 0.6) is 0 Å². The topological polar surface area (TPSA) is 101 Å². The Balaban J connectivity index is 2.39. The number of alkyl carbamates (subject to hydrolysis) is 1. The van der Waals surface area contributed by atoms with Crippen molar-refractivity contribution in [2.45, 2.75) is 59.6 Å². The Morgan fingerprint density at radius 2 is 1.84 bits per heavy atom. The van der Waals surface area contributed by atoms with Gasteiger partial charge in [0.2, 0.25) is 0 Å². The molecular formula is C17H31N5O3. The monoisotopic (exact) mass is 353 g/mol. The van der Waals surface area contributed by atoms with Crippen LogP contribution in [0, 0.1) is 0 Å². The van der Waals surface area contributed by atoms with Gasteiger partial charge in [-0.25, -0.2) is 4.79 Å². The SMILES string of the molecule is CCc1noc(CC)c1CNC(=NC)NCCNC(=O)OC(C)(C)C. The highest BCUT2D eigenvalue weighted by atomic mass is 16.6. The van der Waals surface area contributed by atoms with Crippen LogP contribution in [0.4, 0.5) is 4.79 Å². The van der Waals surface area contributed by atoms with E-state index < -0.39 is 11.7 Å². The van der Waals surface area contributed by atoms with E-state index in [0.717, 1.165) is 29.9 Å². The van der Waals surface area contributed by atoms with Gasteiger partial charge in [0, 0.05) is 38.7 Å². The van der Waals surface area contributed by atoms with Crippen molar-refractivity contribution in [1.82, 2.24) is 21.1 Å². The second-order valence-electron chi connectivity index (χ2n) is 6.52. The molecule has 0 bridgehead atoms. The van der Waals surface area contributed by atoms with Gasteiger partial charge < -0.3 is 25.2 Å². The van der Waals surface area contributed by atoms with E-state index in [1.807, 2.05) is 27.7 Å². The fraction of sp³-hybridized carbons (Fsp3) is 0.706. The van der Waals surface area contributed by atoms with Crippen LogP contribution in [-0.2, 0) is 24.1 Å².